The molecule has 0 unspecified atom stereocenters. The number of amides is 1. The summed E-state index contributed by atoms with van der Waals surface area (Å²) >= 11 is 0. The van der Waals surface area contributed by atoms with Gasteiger partial charge in [0.1, 0.15) is 0 Å². The highest BCUT2D eigenvalue weighted by Gasteiger charge is 2.30. The van der Waals surface area contributed by atoms with Crippen LogP contribution in [0.5, 0.6) is 0 Å². The Morgan fingerprint density at radius 1 is 1.15 bits per heavy atom. The molecule has 0 aliphatic carbocycles. The molecule has 4 aromatic rings. The summed E-state index contributed by atoms with van der Waals surface area (Å²) in [6, 6.07) is 8.49. The Morgan fingerprint density at radius 2 is 2.02 bits per heavy atom. The third-order valence-electron chi connectivity index (χ3n) is 7.65. The van der Waals surface area contributed by atoms with Gasteiger partial charge in [0.15, 0.2) is 5.69 Å². The van der Waals surface area contributed by atoms with Crippen LogP contribution >= 0.6 is 0 Å². The molecular formula is C29H36N10O2. The SMILES string of the molecule is Cn1cc(Nc2nccc(-c3ccc4c(c3)CN([C@H]3CCOC3)CC[C@@H]4NC(=O)c3cn(C(C)(C)C)nn3)n2)cn1. The third kappa shape index (κ3) is 5.98. The molecule has 3 aromatic heterocycles. The monoisotopic (exact) mass is 556 g/mol. The standard InChI is InChI=1S/C29H36N10O2/c1-29(2,3)39-17-26(35-36-39)27(40)33-25-8-11-38(22-9-12-41-18-22)15-20-13-19(5-6-23(20)25)24-7-10-30-28(34-24)32-21-14-31-37(4)16-21/h5-7,10,13-14,16-17,22,25H,8-9,11-12,15,18H2,1-4H3,(H,33,40)(H,30,32,34)/t22-,25-/m0/s1. The summed E-state index contributed by atoms with van der Waals surface area (Å²) in [5, 5.41) is 19.0. The zero-order valence-electron chi connectivity index (χ0n) is 23.9. The Balaban J connectivity index is 1.28. The van der Waals surface area contributed by atoms with E-state index in [0.717, 1.165) is 67.2 Å². The first-order valence-corrected chi connectivity index (χ1v) is 14.0. The number of fused-ring (bicyclic) bond motifs is 1. The molecule has 0 saturated carbocycles. The number of nitrogens with one attached hydrogen (secondary N) is 2. The van der Waals surface area contributed by atoms with E-state index in [2.05, 4.69) is 54.1 Å². The number of rotatable bonds is 6. The molecule has 1 amide bonds. The van der Waals surface area contributed by atoms with E-state index in [1.54, 1.807) is 28.0 Å². The average Bonchev–Trinajstić information content (AvgIpc) is 3.71. The average molecular weight is 557 g/mol. The second-order valence-electron chi connectivity index (χ2n) is 11.7. The summed E-state index contributed by atoms with van der Waals surface area (Å²) in [6.07, 6.45) is 8.87. The summed E-state index contributed by atoms with van der Waals surface area (Å²) in [6.45, 7) is 9.22. The van der Waals surface area contributed by atoms with E-state index in [0.29, 0.717) is 17.7 Å². The lowest BCUT2D eigenvalue weighted by molar-refractivity contribution is 0.0924. The molecule has 6 rings (SSSR count). The zero-order valence-corrected chi connectivity index (χ0v) is 23.9. The second kappa shape index (κ2) is 11.0. The number of aromatic nitrogens is 7. The molecule has 1 saturated heterocycles. The minimum atomic E-state index is -0.255. The minimum Gasteiger partial charge on any atom is -0.380 e. The zero-order chi connectivity index (χ0) is 28.6. The van der Waals surface area contributed by atoms with Crippen LogP contribution in [0.2, 0.25) is 0 Å². The molecule has 12 nitrogen and oxygen atoms in total. The number of carbonyl (C=O) groups is 1. The number of nitrogens with zero attached hydrogens (tertiary/aromatic N) is 8. The third-order valence-corrected chi connectivity index (χ3v) is 7.65. The van der Waals surface area contributed by atoms with Crippen LogP contribution in [0.15, 0.2) is 49.1 Å². The van der Waals surface area contributed by atoms with Crippen LogP contribution < -0.4 is 10.6 Å². The van der Waals surface area contributed by atoms with E-state index in [1.165, 1.54) is 0 Å². The Labute approximate surface area is 239 Å². The van der Waals surface area contributed by atoms with Crippen molar-refractivity contribution >= 4 is 17.5 Å². The maximum atomic E-state index is 13.3. The Kier molecular flexibility index (Phi) is 7.26. The highest BCUT2D eigenvalue weighted by molar-refractivity contribution is 5.92. The number of hydrogen-bond donors (Lipinski definition) is 2. The van der Waals surface area contributed by atoms with Crippen LogP contribution in [0.25, 0.3) is 11.3 Å². The number of hydrogen-bond acceptors (Lipinski definition) is 9. The molecule has 41 heavy (non-hydrogen) atoms. The van der Waals surface area contributed by atoms with Gasteiger partial charge in [-0.25, -0.2) is 14.6 Å². The molecule has 0 bridgehead atoms. The molecule has 2 N–H and O–H groups in total. The number of carbonyl (C=O) groups excluding carboxylic acids is 1. The number of anilines is 2. The van der Waals surface area contributed by atoms with Gasteiger partial charge in [-0.3, -0.25) is 14.4 Å². The smallest absolute Gasteiger partial charge is 0.273 e. The summed E-state index contributed by atoms with van der Waals surface area (Å²) < 4.78 is 9.16. The van der Waals surface area contributed by atoms with Gasteiger partial charge in [0.2, 0.25) is 5.95 Å². The van der Waals surface area contributed by atoms with E-state index < -0.39 is 0 Å². The lowest BCUT2D eigenvalue weighted by Gasteiger charge is -2.26. The molecule has 0 radical (unpaired) electrons. The molecule has 2 aliphatic heterocycles. The van der Waals surface area contributed by atoms with Crippen molar-refractivity contribution in [3.05, 3.63) is 65.9 Å². The second-order valence-corrected chi connectivity index (χ2v) is 11.7. The quantitative estimate of drug-likeness (QED) is 0.367. The highest BCUT2D eigenvalue weighted by Crippen LogP contribution is 2.32. The van der Waals surface area contributed by atoms with Crippen molar-refractivity contribution in [3.63, 3.8) is 0 Å². The van der Waals surface area contributed by atoms with Crippen molar-refractivity contribution in [2.75, 3.05) is 25.1 Å². The maximum Gasteiger partial charge on any atom is 0.273 e. The van der Waals surface area contributed by atoms with Crippen LogP contribution in [0.1, 0.15) is 61.3 Å². The van der Waals surface area contributed by atoms with Gasteiger partial charge in [0, 0.05) is 50.7 Å². The molecule has 1 fully saturated rings. The van der Waals surface area contributed by atoms with Gasteiger partial charge in [-0.2, -0.15) is 5.10 Å². The largest absolute Gasteiger partial charge is 0.380 e. The van der Waals surface area contributed by atoms with Gasteiger partial charge in [-0.1, -0.05) is 17.3 Å². The Bertz CT molecular complexity index is 1530. The van der Waals surface area contributed by atoms with Crippen molar-refractivity contribution in [3.8, 4) is 11.3 Å². The first-order valence-electron chi connectivity index (χ1n) is 14.0. The van der Waals surface area contributed by atoms with Gasteiger partial charge in [-0.05, 0) is 56.9 Å². The molecule has 2 aliphatic rings. The van der Waals surface area contributed by atoms with Gasteiger partial charge >= 0.3 is 0 Å². The van der Waals surface area contributed by atoms with Gasteiger partial charge in [-0.15, -0.1) is 5.10 Å². The molecule has 5 heterocycles. The fourth-order valence-electron chi connectivity index (χ4n) is 5.38. The van der Waals surface area contributed by atoms with E-state index in [1.807, 2.05) is 40.1 Å². The summed E-state index contributed by atoms with van der Waals surface area (Å²) in [4.78, 5) is 24.9. The van der Waals surface area contributed by atoms with Crippen LogP contribution in [-0.2, 0) is 23.9 Å². The van der Waals surface area contributed by atoms with Crippen molar-refractivity contribution in [1.29, 1.82) is 0 Å². The fourth-order valence-corrected chi connectivity index (χ4v) is 5.38. The van der Waals surface area contributed by atoms with E-state index in [4.69, 9.17) is 9.72 Å². The van der Waals surface area contributed by atoms with Crippen LogP contribution in [0, 0.1) is 0 Å². The molecule has 1 aromatic carbocycles. The van der Waals surface area contributed by atoms with Gasteiger partial charge < -0.3 is 15.4 Å². The first-order chi connectivity index (χ1) is 19.7. The topological polar surface area (TPSA) is 128 Å². The molecule has 12 heteroatoms. The normalized spacial score (nSPS) is 19.5. The number of aryl methyl sites for hydroxylation is 1. The number of benzene rings is 1. The van der Waals surface area contributed by atoms with E-state index in [9.17, 15) is 4.79 Å². The lowest BCUT2D eigenvalue weighted by atomic mass is 9.96. The Morgan fingerprint density at radius 3 is 2.76 bits per heavy atom. The van der Waals surface area contributed by atoms with Crippen LogP contribution in [0.3, 0.4) is 0 Å². The fraction of sp³-hybridized carbons (Fsp3) is 0.448. The van der Waals surface area contributed by atoms with E-state index >= 15 is 0 Å². The molecule has 2 atom stereocenters. The van der Waals surface area contributed by atoms with Crippen molar-refractivity contribution in [2.45, 2.75) is 57.8 Å². The summed E-state index contributed by atoms with van der Waals surface area (Å²) in [7, 11) is 1.87. The minimum absolute atomic E-state index is 0.160. The predicted octanol–water partition coefficient (Wildman–Crippen LogP) is 3.43. The number of ether oxygens (including phenoxy) is 1. The van der Waals surface area contributed by atoms with Gasteiger partial charge in [0.25, 0.3) is 5.91 Å². The van der Waals surface area contributed by atoms with Crippen molar-refractivity contribution in [2.24, 2.45) is 7.05 Å². The van der Waals surface area contributed by atoms with Crippen molar-refractivity contribution < 1.29 is 9.53 Å². The Hall–Kier alpha value is -4.16. The lowest BCUT2D eigenvalue weighted by Crippen LogP contribution is -2.36. The predicted molar refractivity (Wildman–Crippen MR) is 153 cm³/mol. The maximum absolute atomic E-state index is 13.3. The molecule has 0 spiro atoms. The van der Waals surface area contributed by atoms with Crippen LogP contribution in [-0.4, -0.2) is 71.3 Å². The first kappa shape index (κ1) is 27.0. The summed E-state index contributed by atoms with van der Waals surface area (Å²) in [5.74, 6) is 0.281. The van der Waals surface area contributed by atoms with Gasteiger partial charge in [0.05, 0.1) is 42.0 Å². The molecular weight excluding hydrogens is 520 g/mol. The molecule has 214 valence electrons. The van der Waals surface area contributed by atoms with E-state index in [-0.39, 0.29) is 17.5 Å². The highest BCUT2D eigenvalue weighted by atomic mass is 16.5. The summed E-state index contributed by atoms with van der Waals surface area (Å²) in [5.41, 5.74) is 4.96. The van der Waals surface area contributed by atoms with Crippen molar-refractivity contribution in [1.82, 2.24) is 45.0 Å². The van der Waals surface area contributed by atoms with Crippen LogP contribution in [0.4, 0.5) is 11.6 Å².